The van der Waals surface area contributed by atoms with Crippen molar-refractivity contribution in [2.75, 3.05) is 32.9 Å². The number of quaternary nitrogens is 1. The third-order valence-electron chi connectivity index (χ3n) is 3.13. The highest BCUT2D eigenvalue weighted by Crippen LogP contribution is 2.69. The molecule has 0 aliphatic rings. The fraction of sp³-hybridized carbons (Fsp3) is 1.00. The molecule has 130 valence electrons. The second-order valence-corrected chi connectivity index (χ2v) is 9.88. The van der Waals surface area contributed by atoms with Gasteiger partial charge >= 0.3 is 15.2 Å². The Balaban J connectivity index is 0. The first-order chi connectivity index (χ1) is 8.77. The number of hydrogen-bond acceptors (Lipinski definition) is 4. The standard InChI is InChI=1S/C9H23NO7P2S.ClH/c1-10(2,7-4-8-20)6-3-5-9(11,18(12,13)14)19(15,16)17;/h11H,3-8H2,1-2H3,(H4-,12,13,14,15,16,17,20);1H. The zero-order chi connectivity index (χ0) is 16.2. The molecule has 0 aromatic carbocycles. The van der Waals surface area contributed by atoms with Gasteiger partial charge in [0.15, 0.2) is 0 Å². The number of thiol groups is 1. The average Bonchev–Trinajstić information content (AvgIpc) is 2.23. The predicted molar refractivity (Wildman–Crippen MR) is 78.6 cm³/mol. The summed E-state index contributed by atoms with van der Waals surface area (Å²) in [5.41, 5.74) is 0. The minimum absolute atomic E-state index is 0. The molecular weight excluding hydrogens is 364 g/mol. The quantitative estimate of drug-likeness (QED) is 0.143. The van der Waals surface area contributed by atoms with Gasteiger partial charge < -0.3 is 41.6 Å². The van der Waals surface area contributed by atoms with Crippen LogP contribution >= 0.6 is 27.8 Å². The Kier molecular flexibility index (Phi) is 9.92. The van der Waals surface area contributed by atoms with Crippen LogP contribution in [-0.2, 0) is 9.13 Å². The van der Waals surface area contributed by atoms with Crippen LogP contribution in [0.15, 0.2) is 0 Å². The van der Waals surface area contributed by atoms with E-state index < -0.39 is 26.7 Å². The summed E-state index contributed by atoms with van der Waals surface area (Å²) < 4.78 is 22.8. The van der Waals surface area contributed by atoms with E-state index in [1.807, 2.05) is 14.1 Å². The number of halogens is 1. The van der Waals surface area contributed by atoms with Gasteiger partial charge in [-0.05, 0) is 5.75 Å². The third kappa shape index (κ3) is 7.31. The predicted octanol–water partition coefficient (Wildman–Crippen LogP) is -2.83. The van der Waals surface area contributed by atoms with Crippen molar-refractivity contribution in [2.45, 2.75) is 24.3 Å². The van der Waals surface area contributed by atoms with Crippen LogP contribution in [0.2, 0.25) is 0 Å². The van der Waals surface area contributed by atoms with Crippen LogP contribution in [0.1, 0.15) is 19.3 Å². The lowest BCUT2D eigenvalue weighted by molar-refractivity contribution is -0.890. The summed E-state index contributed by atoms with van der Waals surface area (Å²) in [5.74, 6) is 0.705. The van der Waals surface area contributed by atoms with Crippen molar-refractivity contribution in [1.82, 2.24) is 0 Å². The topological polar surface area (TPSA) is 135 Å². The van der Waals surface area contributed by atoms with Crippen molar-refractivity contribution >= 4 is 27.8 Å². The first-order valence-electron chi connectivity index (χ1n) is 6.03. The van der Waals surface area contributed by atoms with Gasteiger partial charge in [0.05, 0.1) is 27.2 Å². The average molecular weight is 388 g/mol. The van der Waals surface area contributed by atoms with Crippen LogP contribution in [0.4, 0.5) is 0 Å². The zero-order valence-electron chi connectivity index (χ0n) is 12.0. The Hall–Kier alpha value is 0.860. The van der Waals surface area contributed by atoms with Crippen molar-refractivity contribution < 1.29 is 50.7 Å². The maximum Gasteiger partial charge on any atom is 0.369 e. The Labute approximate surface area is 136 Å². The second-order valence-electron chi connectivity index (χ2n) is 5.43. The van der Waals surface area contributed by atoms with Crippen molar-refractivity contribution in [3.8, 4) is 0 Å². The van der Waals surface area contributed by atoms with E-state index in [9.17, 15) is 14.2 Å². The summed E-state index contributed by atoms with van der Waals surface area (Å²) in [6, 6.07) is 0. The van der Waals surface area contributed by atoms with Crippen molar-refractivity contribution in [1.29, 1.82) is 0 Å². The molecule has 0 aliphatic heterocycles. The molecule has 0 saturated carbocycles. The maximum atomic E-state index is 11.2. The van der Waals surface area contributed by atoms with E-state index in [1.54, 1.807) is 0 Å². The van der Waals surface area contributed by atoms with Gasteiger partial charge in [0.1, 0.15) is 0 Å². The molecule has 0 fully saturated rings. The molecule has 0 rings (SSSR count). The molecular formula is C9H24ClNO7P2S. The van der Waals surface area contributed by atoms with Gasteiger partial charge in [-0.1, -0.05) is 0 Å². The molecule has 0 bridgehead atoms. The third-order valence-corrected chi connectivity index (χ3v) is 7.32. The molecule has 8 nitrogen and oxygen atoms in total. The van der Waals surface area contributed by atoms with Gasteiger partial charge in [0.2, 0.25) is 0 Å². The maximum absolute atomic E-state index is 11.2. The minimum Gasteiger partial charge on any atom is -1.00 e. The lowest BCUT2D eigenvalue weighted by Crippen LogP contribution is -3.00. The lowest BCUT2D eigenvalue weighted by atomic mass is 10.2. The van der Waals surface area contributed by atoms with Crippen molar-refractivity contribution in [2.24, 2.45) is 0 Å². The first-order valence-corrected chi connectivity index (χ1v) is 9.89. The second kappa shape index (κ2) is 8.64. The molecule has 0 aliphatic carbocycles. The van der Waals surface area contributed by atoms with E-state index in [2.05, 4.69) is 12.6 Å². The fourth-order valence-electron chi connectivity index (χ4n) is 1.82. The molecule has 0 aromatic heterocycles. The summed E-state index contributed by atoms with van der Waals surface area (Å²) in [7, 11) is -6.91. The van der Waals surface area contributed by atoms with Crippen LogP contribution in [-0.4, -0.2) is 67.2 Å². The van der Waals surface area contributed by atoms with Crippen LogP contribution < -0.4 is 12.4 Å². The highest BCUT2D eigenvalue weighted by Gasteiger charge is 2.58. The summed E-state index contributed by atoms with van der Waals surface area (Å²) in [5, 5.41) is 6.41. The molecule has 0 atom stereocenters. The summed E-state index contributed by atoms with van der Waals surface area (Å²) in [4.78, 5) is 36.0. The van der Waals surface area contributed by atoms with Crippen LogP contribution in [0.3, 0.4) is 0 Å². The summed E-state index contributed by atoms with van der Waals surface area (Å²) in [6.07, 6.45) is 0.258. The molecule has 0 unspecified atom stereocenters. The largest absolute Gasteiger partial charge is 1.00 e. The smallest absolute Gasteiger partial charge is 0.369 e. The Morgan fingerprint density at radius 2 is 1.38 bits per heavy atom. The van der Waals surface area contributed by atoms with Crippen LogP contribution in [0.5, 0.6) is 0 Å². The zero-order valence-corrected chi connectivity index (χ0v) is 15.4. The molecule has 0 heterocycles. The lowest BCUT2D eigenvalue weighted by Gasteiger charge is -2.33. The van der Waals surface area contributed by atoms with E-state index in [0.29, 0.717) is 16.8 Å². The monoisotopic (exact) mass is 387 g/mol. The van der Waals surface area contributed by atoms with Gasteiger partial charge in [0.25, 0.3) is 5.08 Å². The minimum atomic E-state index is -5.34. The van der Waals surface area contributed by atoms with E-state index in [4.69, 9.17) is 19.6 Å². The van der Waals surface area contributed by atoms with E-state index in [1.165, 1.54) is 0 Å². The Morgan fingerprint density at radius 3 is 1.71 bits per heavy atom. The highest BCUT2D eigenvalue weighted by atomic mass is 35.5. The van der Waals surface area contributed by atoms with E-state index in [-0.39, 0.29) is 18.8 Å². The molecule has 0 spiro atoms. The SMILES string of the molecule is C[N+](C)(CCCS)CCCC(O)(P(=O)(O)O)P(=O)(O)O.[Cl-]. The molecule has 5 N–H and O–H groups in total. The summed E-state index contributed by atoms with van der Waals surface area (Å²) in [6.45, 7) is 1.20. The molecule has 21 heavy (non-hydrogen) atoms. The molecule has 0 radical (unpaired) electrons. The number of hydrogen-bond donors (Lipinski definition) is 6. The molecule has 0 aromatic rings. The molecule has 12 heteroatoms. The van der Waals surface area contributed by atoms with Gasteiger partial charge in [-0.15, -0.1) is 0 Å². The van der Waals surface area contributed by atoms with Crippen LogP contribution in [0, 0.1) is 0 Å². The molecule has 0 saturated heterocycles. The van der Waals surface area contributed by atoms with Crippen molar-refractivity contribution in [3.63, 3.8) is 0 Å². The Morgan fingerprint density at radius 1 is 1.00 bits per heavy atom. The Bertz CT molecular complexity index is 389. The van der Waals surface area contributed by atoms with E-state index >= 15 is 0 Å². The number of nitrogens with zero attached hydrogens (tertiary/aromatic N) is 1. The van der Waals surface area contributed by atoms with Gasteiger partial charge in [0, 0.05) is 19.3 Å². The van der Waals surface area contributed by atoms with Gasteiger partial charge in [-0.25, -0.2) is 0 Å². The fourth-order valence-corrected chi connectivity index (χ4v) is 4.21. The highest BCUT2D eigenvalue weighted by molar-refractivity contribution is 7.80. The normalized spacial score (nSPS) is 13.9. The van der Waals surface area contributed by atoms with Gasteiger partial charge in [-0.2, -0.15) is 12.6 Å². The number of aliphatic hydroxyl groups is 1. The van der Waals surface area contributed by atoms with Crippen molar-refractivity contribution in [3.05, 3.63) is 0 Å². The molecule has 0 amide bonds. The van der Waals surface area contributed by atoms with Crippen LogP contribution in [0.25, 0.3) is 0 Å². The van der Waals surface area contributed by atoms with Gasteiger partial charge in [-0.3, -0.25) is 9.13 Å². The van der Waals surface area contributed by atoms with E-state index in [0.717, 1.165) is 13.0 Å². The number of rotatable bonds is 9. The summed E-state index contributed by atoms with van der Waals surface area (Å²) >= 11 is 4.09. The first kappa shape index (κ1) is 24.1.